The number of amides is 1. The Morgan fingerprint density at radius 1 is 1.20 bits per heavy atom. The van der Waals surface area contributed by atoms with Crippen molar-refractivity contribution in [3.05, 3.63) is 29.3 Å². The van der Waals surface area contributed by atoms with E-state index in [9.17, 15) is 26.7 Å². The Balaban J connectivity index is 1.93. The van der Waals surface area contributed by atoms with Crippen LogP contribution in [-0.4, -0.2) is 37.4 Å². The van der Waals surface area contributed by atoms with Crippen LogP contribution in [0, 0.1) is 0 Å². The molecule has 25 heavy (non-hydrogen) atoms. The molecule has 2 heterocycles. The summed E-state index contributed by atoms with van der Waals surface area (Å²) in [6.07, 6.45) is -6.42. The Morgan fingerprint density at radius 2 is 1.88 bits per heavy atom. The van der Waals surface area contributed by atoms with Crippen LogP contribution in [0.5, 0.6) is 0 Å². The van der Waals surface area contributed by atoms with Crippen LogP contribution in [0.4, 0.5) is 32.4 Å². The highest BCUT2D eigenvalue weighted by molar-refractivity contribution is 6.04. The predicted octanol–water partition coefficient (Wildman–Crippen LogP) is 3.38. The molecule has 0 unspecified atom stereocenters. The van der Waals surface area contributed by atoms with E-state index in [0.29, 0.717) is 0 Å². The Hall–Kier alpha value is -2.39. The summed E-state index contributed by atoms with van der Waals surface area (Å²) in [6.45, 7) is -0.566. The highest BCUT2D eigenvalue weighted by Crippen LogP contribution is 2.39. The second kappa shape index (κ2) is 6.16. The molecule has 0 aliphatic carbocycles. The van der Waals surface area contributed by atoms with Crippen molar-refractivity contribution in [2.24, 2.45) is 5.10 Å². The molecule has 10 heteroatoms. The number of benzene rings is 1. The van der Waals surface area contributed by atoms with E-state index in [2.05, 4.69) is 9.84 Å². The predicted molar refractivity (Wildman–Crippen MR) is 78.9 cm³/mol. The normalized spacial score (nSPS) is 20.6. The number of hydrogen-bond acceptors (Lipinski definition) is 4. The number of carbonyl (C=O) groups excluding carboxylic acids is 1. The molecular formula is C15H14F5N3O2. The molecule has 5 nitrogen and oxygen atoms in total. The van der Waals surface area contributed by atoms with Gasteiger partial charge in [0.05, 0.1) is 5.56 Å². The van der Waals surface area contributed by atoms with Crippen molar-refractivity contribution in [2.75, 3.05) is 24.6 Å². The number of nitrogens with one attached hydrogen (secondary N) is 1. The number of hydrazone groups is 1. The highest BCUT2D eigenvalue weighted by atomic mass is 19.4. The summed E-state index contributed by atoms with van der Waals surface area (Å²) < 4.78 is 71.5. The zero-order chi connectivity index (χ0) is 18.2. The van der Waals surface area contributed by atoms with Gasteiger partial charge in [-0.2, -0.15) is 18.3 Å². The first kappa shape index (κ1) is 17.4. The maximum absolute atomic E-state index is 13.4. The van der Waals surface area contributed by atoms with Crippen LogP contribution in [0.2, 0.25) is 0 Å². The Bertz CT molecular complexity index is 708. The smallest absolute Gasteiger partial charge is 0.428 e. The first-order valence-corrected chi connectivity index (χ1v) is 7.49. The third-order valence-electron chi connectivity index (χ3n) is 4.09. The maximum atomic E-state index is 13.4. The lowest BCUT2D eigenvalue weighted by atomic mass is 10.0. The average Bonchev–Trinajstić information content (AvgIpc) is 2.54. The standard InChI is InChI=1S/C15H14F5N3O2/c16-14(17)3-5-23(6-4-14)12-2-1-9(7-10(12)15(18,19)20)11-8-25-13(24)22-21-11/h1-2,7H,3-6,8H2,(H,22,24). The molecule has 1 fully saturated rings. The van der Waals surface area contributed by atoms with Crippen LogP contribution in [0.25, 0.3) is 0 Å². The first-order valence-electron chi connectivity index (χ1n) is 7.49. The number of halogens is 5. The van der Waals surface area contributed by atoms with Gasteiger partial charge in [-0.15, -0.1) is 0 Å². The fraction of sp³-hybridized carbons (Fsp3) is 0.467. The van der Waals surface area contributed by atoms with Crippen molar-refractivity contribution >= 4 is 17.5 Å². The molecule has 1 amide bonds. The zero-order valence-corrected chi connectivity index (χ0v) is 12.9. The van der Waals surface area contributed by atoms with E-state index in [1.165, 1.54) is 17.0 Å². The Morgan fingerprint density at radius 3 is 2.44 bits per heavy atom. The number of cyclic esters (lactones) is 1. The van der Waals surface area contributed by atoms with Gasteiger partial charge in [0.1, 0.15) is 12.3 Å². The number of alkyl halides is 5. The minimum absolute atomic E-state index is 0.137. The summed E-state index contributed by atoms with van der Waals surface area (Å²) in [4.78, 5) is 12.2. The van der Waals surface area contributed by atoms with Crippen LogP contribution >= 0.6 is 0 Å². The summed E-state index contributed by atoms with van der Waals surface area (Å²) in [7, 11) is 0. The van der Waals surface area contributed by atoms with Crippen LogP contribution < -0.4 is 10.3 Å². The number of rotatable bonds is 2. The number of hydrogen-bond donors (Lipinski definition) is 1. The van der Waals surface area contributed by atoms with E-state index >= 15 is 0 Å². The zero-order valence-electron chi connectivity index (χ0n) is 12.9. The summed E-state index contributed by atoms with van der Waals surface area (Å²) in [5.41, 5.74) is 1.22. The Kier molecular flexibility index (Phi) is 4.29. The van der Waals surface area contributed by atoms with Crippen LogP contribution in [0.1, 0.15) is 24.0 Å². The van der Waals surface area contributed by atoms with Crippen LogP contribution in [-0.2, 0) is 10.9 Å². The van der Waals surface area contributed by atoms with Crippen LogP contribution in [0.15, 0.2) is 23.3 Å². The molecule has 2 aliphatic heterocycles. The van der Waals surface area contributed by atoms with E-state index < -0.39 is 36.6 Å². The molecule has 1 aromatic carbocycles. The Labute approximate surface area is 139 Å². The van der Waals surface area contributed by atoms with E-state index in [0.717, 1.165) is 6.07 Å². The van der Waals surface area contributed by atoms with Gasteiger partial charge in [-0.3, -0.25) is 0 Å². The first-order chi connectivity index (χ1) is 11.7. The summed E-state index contributed by atoms with van der Waals surface area (Å²) in [5.74, 6) is -2.85. The van der Waals surface area contributed by atoms with Gasteiger partial charge >= 0.3 is 12.3 Å². The number of carbonyl (C=O) groups is 1. The lowest BCUT2D eigenvalue weighted by molar-refractivity contribution is -0.137. The molecular weight excluding hydrogens is 349 g/mol. The van der Waals surface area contributed by atoms with E-state index in [-0.39, 0.29) is 36.7 Å². The molecule has 0 saturated carbocycles. The molecule has 2 aliphatic rings. The van der Waals surface area contributed by atoms with Gasteiger partial charge in [-0.25, -0.2) is 19.0 Å². The average molecular weight is 363 g/mol. The van der Waals surface area contributed by atoms with Gasteiger partial charge < -0.3 is 9.64 Å². The third-order valence-corrected chi connectivity index (χ3v) is 4.09. The van der Waals surface area contributed by atoms with Gasteiger partial charge in [0, 0.05) is 37.2 Å². The lowest BCUT2D eigenvalue weighted by Gasteiger charge is -2.35. The van der Waals surface area contributed by atoms with Gasteiger partial charge in [-0.05, 0) is 12.1 Å². The minimum Gasteiger partial charge on any atom is -0.442 e. The molecule has 0 bridgehead atoms. The third kappa shape index (κ3) is 3.83. The number of anilines is 1. The fourth-order valence-corrected chi connectivity index (χ4v) is 2.75. The van der Waals surface area contributed by atoms with Crippen molar-refractivity contribution in [1.82, 2.24) is 5.43 Å². The molecule has 1 N–H and O–H groups in total. The van der Waals surface area contributed by atoms with Crippen molar-refractivity contribution < 1.29 is 31.5 Å². The van der Waals surface area contributed by atoms with Crippen molar-refractivity contribution in [3.63, 3.8) is 0 Å². The quantitative estimate of drug-likeness (QED) is 0.820. The van der Waals surface area contributed by atoms with E-state index in [1.54, 1.807) is 0 Å². The topological polar surface area (TPSA) is 53.9 Å². The highest BCUT2D eigenvalue weighted by Gasteiger charge is 2.39. The van der Waals surface area contributed by atoms with Crippen molar-refractivity contribution in [2.45, 2.75) is 24.9 Å². The number of nitrogens with zero attached hydrogens (tertiary/aromatic N) is 2. The summed E-state index contributed by atoms with van der Waals surface area (Å²) >= 11 is 0. The van der Waals surface area contributed by atoms with E-state index in [4.69, 9.17) is 0 Å². The number of piperidine rings is 1. The minimum atomic E-state index is -4.66. The largest absolute Gasteiger partial charge is 0.442 e. The SMILES string of the molecule is O=C1NN=C(c2ccc(N3CCC(F)(F)CC3)c(C(F)(F)F)c2)CO1. The molecule has 1 aromatic rings. The summed E-state index contributed by atoms with van der Waals surface area (Å²) in [5, 5.41) is 3.68. The van der Waals surface area contributed by atoms with Crippen molar-refractivity contribution in [3.8, 4) is 0 Å². The van der Waals surface area contributed by atoms with Gasteiger partial charge in [0.2, 0.25) is 0 Å². The molecule has 0 aromatic heterocycles. The second-order valence-corrected chi connectivity index (χ2v) is 5.82. The lowest BCUT2D eigenvalue weighted by Crippen LogP contribution is -2.40. The fourth-order valence-electron chi connectivity index (χ4n) is 2.75. The van der Waals surface area contributed by atoms with Gasteiger partial charge in [-0.1, -0.05) is 6.07 Å². The maximum Gasteiger partial charge on any atom is 0.428 e. The molecule has 0 atom stereocenters. The van der Waals surface area contributed by atoms with E-state index in [1.807, 2.05) is 5.43 Å². The van der Waals surface area contributed by atoms with Crippen LogP contribution in [0.3, 0.4) is 0 Å². The molecule has 1 saturated heterocycles. The van der Waals surface area contributed by atoms with Crippen molar-refractivity contribution in [1.29, 1.82) is 0 Å². The second-order valence-electron chi connectivity index (χ2n) is 5.82. The molecule has 0 radical (unpaired) electrons. The molecule has 0 spiro atoms. The number of ether oxygens (including phenoxy) is 1. The molecule has 3 rings (SSSR count). The van der Waals surface area contributed by atoms with Gasteiger partial charge in [0.15, 0.2) is 0 Å². The summed E-state index contributed by atoms with van der Waals surface area (Å²) in [6, 6.07) is 3.53. The van der Waals surface area contributed by atoms with Gasteiger partial charge in [0.25, 0.3) is 5.92 Å². The molecule has 136 valence electrons. The monoisotopic (exact) mass is 363 g/mol.